The van der Waals surface area contributed by atoms with Crippen molar-refractivity contribution in [3.05, 3.63) is 97.8 Å². The first-order chi connectivity index (χ1) is 13.5. The maximum absolute atomic E-state index is 13.0. The maximum Gasteiger partial charge on any atom is 0.200 e. The number of ether oxygens (including phenoxy) is 1. The highest BCUT2D eigenvalue weighted by Crippen LogP contribution is 2.28. The zero-order valence-electron chi connectivity index (χ0n) is 15.0. The highest BCUT2D eigenvalue weighted by atomic mass is 79.9. The van der Waals surface area contributed by atoms with Crippen LogP contribution in [0, 0.1) is 6.92 Å². The molecule has 0 atom stereocenters. The predicted octanol–water partition coefficient (Wildman–Crippen LogP) is 6.76. The minimum atomic E-state index is -0.0567. The van der Waals surface area contributed by atoms with Crippen molar-refractivity contribution in [1.29, 1.82) is 0 Å². The molecule has 5 heteroatoms. The molecule has 0 N–H and O–H groups in total. The second-order valence-electron chi connectivity index (χ2n) is 6.41. The number of rotatable bonds is 4. The monoisotopic (exact) mass is 454 g/mol. The lowest BCUT2D eigenvalue weighted by Crippen LogP contribution is -2.07. The molecule has 1 aromatic heterocycles. The van der Waals surface area contributed by atoms with Crippen LogP contribution in [0.15, 0.2) is 80.4 Å². The Hall–Kier alpha value is -2.56. The number of aryl methyl sites for hydroxylation is 1. The van der Waals surface area contributed by atoms with Gasteiger partial charge in [-0.05, 0) is 42.8 Å². The van der Waals surface area contributed by atoms with E-state index >= 15 is 0 Å². The van der Waals surface area contributed by atoms with E-state index in [0.29, 0.717) is 39.7 Å². The molecule has 0 aliphatic rings. The first-order valence-electron chi connectivity index (χ1n) is 8.72. The standard InChI is InChI=1S/C23H16BrClO3/c1-14-22(15-6-8-17(24)9-7-15)23(26)19-11-10-18(12-21(19)28-14)27-13-16-4-2-3-5-20(16)25/h2-12H,13H2,1H3. The van der Waals surface area contributed by atoms with Gasteiger partial charge in [0.2, 0.25) is 5.43 Å². The summed E-state index contributed by atoms with van der Waals surface area (Å²) in [6.45, 7) is 2.14. The molecule has 3 nitrogen and oxygen atoms in total. The second kappa shape index (κ2) is 7.82. The second-order valence-corrected chi connectivity index (χ2v) is 7.73. The largest absolute Gasteiger partial charge is 0.489 e. The number of halogens is 2. The maximum atomic E-state index is 13.0. The van der Waals surface area contributed by atoms with Gasteiger partial charge >= 0.3 is 0 Å². The highest BCUT2D eigenvalue weighted by Gasteiger charge is 2.14. The van der Waals surface area contributed by atoms with Crippen LogP contribution in [0.5, 0.6) is 5.75 Å². The van der Waals surface area contributed by atoms with Crippen LogP contribution in [0.2, 0.25) is 5.02 Å². The van der Waals surface area contributed by atoms with E-state index in [1.807, 2.05) is 48.5 Å². The van der Waals surface area contributed by atoms with Gasteiger partial charge in [-0.1, -0.05) is 57.9 Å². The van der Waals surface area contributed by atoms with Crippen molar-refractivity contribution in [2.24, 2.45) is 0 Å². The van der Waals surface area contributed by atoms with Crippen LogP contribution < -0.4 is 10.2 Å². The van der Waals surface area contributed by atoms with Crippen molar-refractivity contribution >= 4 is 38.5 Å². The highest BCUT2D eigenvalue weighted by molar-refractivity contribution is 9.10. The minimum Gasteiger partial charge on any atom is -0.489 e. The molecule has 0 amide bonds. The molecule has 0 fully saturated rings. The number of hydrogen-bond acceptors (Lipinski definition) is 3. The molecule has 4 rings (SSSR count). The van der Waals surface area contributed by atoms with Gasteiger partial charge < -0.3 is 9.15 Å². The molecule has 0 bridgehead atoms. The smallest absolute Gasteiger partial charge is 0.200 e. The van der Waals surface area contributed by atoms with E-state index in [4.69, 9.17) is 20.8 Å². The van der Waals surface area contributed by atoms with E-state index in [-0.39, 0.29) is 5.43 Å². The third-order valence-electron chi connectivity index (χ3n) is 4.52. The summed E-state index contributed by atoms with van der Waals surface area (Å²) in [6, 6.07) is 20.4. The molecule has 0 aliphatic heterocycles. The molecule has 140 valence electrons. The summed E-state index contributed by atoms with van der Waals surface area (Å²) in [5, 5.41) is 1.18. The van der Waals surface area contributed by atoms with Crippen LogP contribution in [0.3, 0.4) is 0 Å². The third kappa shape index (κ3) is 3.71. The Labute approximate surface area is 175 Å². The van der Waals surface area contributed by atoms with Gasteiger partial charge in [0.25, 0.3) is 0 Å². The summed E-state index contributed by atoms with van der Waals surface area (Å²) >= 11 is 9.58. The molecule has 0 spiro atoms. The summed E-state index contributed by atoms with van der Waals surface area (Å²) in [5.41, 5.74) is 2.74. The zero-order chi connectivity index (χ0) is 19.7. The number of fused-ring (bicyclic) bond motifs is 1. The van der Waals surface area contributed by atoms with Crippen molar-refractivity contribution in [1.82, 2.24) is 0 Å². The lowest BCUT2D eigenvalue weighted by Gasteiger charge is -2.10. The van der Waals surface area contributed by atoms with Gasteiger partial charge in [0.1, 0.15) is 23.7 Å². The summed E-state index contributed by atoms with van der Waals surface area (Å²) in [4.78, 5) is 13.0. The first-order valence-corrected chi connectivity index (χ1v) is 9.89. The van der Waals surface area contributed by atoms with Crippen molar-refractivity contribution in [3.8, 4) is 16.9 Å². The molecule has 0 saturated heterocycles. The third-order valence-corrected chi connectivity index (χ3v) is 5.42. The fraction of sp³-hybridized carbons (Fsp3) is 0.0870. The number of hydrogen-bond donors (Lipinski definition) is 0. The van der Waals surface area contributed by atoms with Crippen molar-refractivity contribution in [3.63, 3.8) is 0 Å². The van der Waals surface area contributed by atoms with E-state index in [0.717, 1.165) is 15.6 Å². The van der Waals surface area contributed by atoms with E-state index in [1.165, 1.54) is 0 Å². The van der Waals surface area contributed by atoms with Gasteiger partial charge in [0.15, 0.2) is 0 Å². The summed E-state index contributed by atoms with van der Waals surface area (Å²) in [5.74, 6) is 1.19. The van der Waals surface area contributed by atoms with Crippen LogP contribution >= 0.6 is 27.5 Å². The summed E-state index contributed by atoms with van der Waals surface area (Å²) in [6.07, 6.45) is 0. The molecule has 4 aromatic rings. The van der Waals surface area contributed by atoms with Gasteiger partial charge in [0.05, 0.1) is 10.9 Å². The van der Waals surface area contributed by atoms with Gasteiger partial charge in [-0.2, -0.15) is 0 Å². The Morgan fingerprint density at radius 3 is 2.54 bits per heavy atom. The van der Waals surface area contributed by atoms with Crippen LogP contribution in [0.25, 0.3) is 22.1 Å². The van der Waals surface area contributed by atoms with Crippen molar-refractivity contribution in [2.75, 3.05) is 0 Å². The normalized spacial score (nSPS) is 11.0. The Bertz CT molecular complexity index is 1210. The molecule has 0 aliphatic carbocycles. The molecule has 0 saturated carbocycles. The molecule has 1 heterocycles. The molecule has 0 radical (unpaired) electrons. The Morgan fingerprint density at radius 1 is 1.04 bits per heavy atom. The SMILES string of the molecule is Cc1oc2cc(OCc3ccccc3Cl)ccc2c(=O)c1-c1ccc(Br)cc1. The Morgan fingerprint density at radius 2 is 1.79 bits per heavy atom. The van der Waals surface area contributed by atoms with Crippen LogP contribution in [-0.4, -0.2) is 0 Å². The molecular weight excluding hydrogens is 440 g/mol. The molecule has 28 heavy (non-hydrogen) atoms. The summed E-state index contributed by atoms with van der Waals surface area (Å²) < 4.78 is 12.8. The number of benzene rings is 3. The van der Waals surface area contributed by atoms with Gasteiger partial charge in [-0.3, -0.25) is 4.79 Å². The lowest BCUT2D eigenvalue weighted by molar-refractivity contribution is 0.306. The van der Waals surface area contributed by atoms with Gasteiger partial charge in [0, 0.05) is 21.1 Å². The zero-order valence-corrected chi connectivity index (χ0v) is 17.4. The van der Waals surface area contributed by atoms with Crippen LogP contribution in [0.4, 0.5) is 0 Å². The Kier molecular flexibility index (Phi) is 5.25. The van der Waals surface area contributed by atoms with E-state index < -0.39 is 0 Å². The van der Waals surface area contributed by atoms with E-state index in [9.17, 15) is 4.79 Å². The molecule has 0 unspecified atom stereocenters. The molecule has 3 aromatic carbocycles. The fourth-order valence-electron chi connectivity index (χ4n) is 3.10. The van der Waals surface area contributed by atoms with Crippen molar-refractivity contribution in [2.45, 2.75) is 13.5 Å². The first kappa shape index (κ1) is 18.8. The Balaban J connectivity index is 1.69. The van der Waals surface area contributed by atoms with Crippen LogP contribution in [0.1, 0.15) is 11.3 Å². The predicted molar refractivity (Wildman–Crippen MR) is 116 cm³/mol. The fourth-order valence-corrected chi connectivity index (χ4v) is 3.56. The summed E-state index contributed by atoms with van der Waals surface area (Å²) in [7, 11) is 0. The average molecular weight is 456 g/mol. The quantitative estimate of drug-likeness (QED) is 0.341. The van der Waals surface area contributed by atoms with Gasteiger partial charge in [-0.25, -0.2) is 0 Å². The van der Waals surface area contributed by atoms with E-state index in [2.05, 4.69) is 15.9 Å². The minimum absolute atomic E-state index is 0.0567. The average Bonchev–Trinajstić information content (AvgIpc) is 2.68. The van der Waals surface area contributed by atoms with Crippen LogP contribution in [-0.2, 0) is 6.61 Å². The van der Waals surface area contributed by atoms with Gasteiger partial charge in [-0.15, -0.1) is 0 Å². The van der Waals surface area contributed by atoms with Crippen molar-refractivity contribution < 1.29 is 9.15 Å². The molecular formula is C23H16BrClO3. The lowest BCUT2D eigenvalue weighted by atomic mass is 10.0. The van der Waals surface area contributed by atoms with E-state index in [1.54, 1.807) is 25.1 Å². The topological polar surface area (TPSA) is 39.4 Å².